The number of hydrogen-bond donors (Lipinski definition) is 2. The topological polar surface area (TPSA) is 126 Å². The zero-order chi connectivity index (χ0) is 22.9. The Morgan fingerprint density at radius 1 is 1.00 bits per heavy atom. The summed E-state index contributed by atoms with van der Waals surface area (Å²) in [5.74, 6) is 1.64. The van der Waals surface area contributed by atoms with Gasteiger partial charge >= 0.3 is 5.69 Å². The lowest BCUT2D eigenvalue weighted by Gasteiger charge is -2.06. The summed E-state index contributed by atoms with van der Waals surface area (Å²) in [5, 5.41) is 15.3. The number of benzene rings is 2. The molecule has 0 aliphatic heterocycles. The number of rotatable bonds is 6. The number of anilines is 1. The van der Waals surface area contributed by atoms with E-state index in [0.29, 0.717) is 34.8 Å². The molecule has 0 aliphatic rings. The number of para-hydroxylation sites is 1. The van der Waals surface area contributed by atoms with Crippen LogP contribution in [0.4, 0.5) is 5.82 Å². The van der Waals surface area contributed by atoms with E-state index < -0.39 is 0 Å². The molecule has 3 aromatic heterocycles. The maximum atomic E-state index is 12.2. The number of aromatic hydroxyl groups is 1. The molecule has 0 fully saturated rings. The summed E-state index contributed by atoms with van der Waals surface area (Å²) in [6, 6.07) is 17.0. The summed E-state index contributed by atoms with van der Waals surface area (Å²) in [6.45, 7) is 0.523. The molecule has 5 rings (SSSR count). The van der Waals surface area contributed by atoms with Gasteiger partial charge in [0, 0.05) is 12.6 Å². The van der Waals surface area contributed by atoms with Gasteiger partial charge in [0.05, 0.1) is 24.7 Å². The Balaban J connectivity index is 1.48. The van der Waals surface area contributed by atoms with Gasteiger partial charge in [-0.25, -0.2) is 19.4 Å². The van der Waals surface area contributed by atoms with Crippen molar-refractivity contribution in [2.75, 3.05) is 5.73 Å². The highest BCUT2D eigenvalue weighted by Gasteiger charge is 2.18. The fourth-order valence-electron chi connectivity index (χ4n) is 3.69. The fraction of sp³-hybridized carbons (Fsp3) is 0.130. The number of aryl methyl sites for hydroxylation is 2. The molecule has 3 heterocycles. The van der Waals surface area contributed by atoms with Crippen LogP contribution in [0.2, 0.25) is 0 Å². The molecule has 0 unspecified atom stereocenters. The normalized spacial score (nSPS) is 11.2. The summed E-state index contributed by atoms with van der Waals surface area (Å²) in [4.78, 5) is 20.7. The molecule has 0 atom stereocenters. The average molecular weight is 443 g/mol. The van der Waals surface area contributed by atoms with Crippen molar-refractivity contribution in [3.05, 3.63) is 77.6 Å². The number of fused-ring (bicyclic) bond motifs is 1. The maximum Gasteiger partial charge on any atom is 0.330 e. The van der Waals surface area contributed by atoms with E-state index in [1.165, 1.54) is 21.7 Å². The number of ether oxygens (including phenoxy) is 1. The molecule has 0 spiro atoms. The molecule has 0 aliphatic carbocycles. The molecule has 3 N–H and O–H groups in total. The Labute approximate surface area is 188 Å². The second kappa shape index (κ2) is 8.15. The molecule has 166 valence electrons. The summed E-state index contributed by atoms with van der Waals surface area (Å²) in [7, 11) is 1.58. The van der Waals surface area contributed by atoms with Crippen LogP contribution < -0.4 is 16.2 Å². The van der Waals surface area contributed by atoms with Gasteiger partial charge in [0.15, 0.2) is 5.65 Å². The van der Waals surface area contributed by atoms with Crippen molar-refractivity contribution in [3.63, 3.8) is 0 Å². The lowest BCUT2D eigenvalue weighted by molar-refractivity contribution is 0.400. The van der Waals surface area contributed by atoms with Gasteiger partial charge in [-0.2, -0.15) is 5.10 Å². The largest absolute Gasteiger partial charge is 0.493 e. The summed E-state index contributed by atoms with van der Waals surface area (Å²) in [5.41, 5.74) is 7.85. The highest BCUT2D eigenvalue weighted by molar-refractivity contribution is 5.98. The lowest BCUT2D eigenvalue weighted by atomic mass is 10.1. The van der Waals surface area contributed by atoms with Crippen molar-refractivity contribution in [3.8, 4) is 28.6 Å². The molecule has 0 radical (unpaired) electrons. The van der Waals surface area contributed by atoms with Crippen molar-refractivity contribution >= 4 is 16.9 Å². The molecule has 0 amide bonds. The van der Waals surface area contributed by atoms with Crippen molar-refractivity contribution < 1.29 is 9.84 Å². The summed E-state index contributed by atoms with van der Waals surface area (Å²) < 4.78 is 10.1. The third kappa shape index (κ3) is 3.78. The molecular weight excluding hydrogens is 422 g/mol. The number of imidazole rings is 1. The SMILES string of the molecule is Cn1cc(O)n(CCn2nc(-c3ccc(Oc4ccccc4)cc3)c3c(N)ncnc32)c1=O. The van der Waals surface area contributed by atoms with E-state index in [-0.39, 0.29) is 18.1 Å². The predicted molar refractivity (Wildman–Crippen MR) is 123 cm³/mol. The fourth-order valence-corrected chi connectivity index (χ4v) is 3.69. The minimum Gasteiger partial charge on any atom is -0.493 e. The van der Waals surface area contributed by atoms with Crippen LogP contribution in [-0.2, 0) is 20.1 Å². The first-order valence-electron chi connectivity index (χ1n) is 10.3. The summed E-state index contributed by atoms with van der Waals surface area (Å²) in [6.07, 6.45) is 2.75. The van der Waals surface area contributed by atoms with E-state index in [1.807, 2.05) is 54.6 Å². The molecule has 0 saturated heterocycles. The van der Waals surface area contributed by atoms with E-state index in [1.54, 1.807) is 11.7 Å². The van der Waals surface area contributed by atoms with Crippen LogP contribution in [0.15, 0.2) is 71.9 Å². The smallest absolute Gasteiger partial charge is 0.330 e. The first kappa shape index (κ1) is 20.3. The monoisotopic (exact) mass is 443 g/mol. The second-order valence-corrected chi connectivity index (χ2v) is 7.50. The third-order valence-electron chi connectivity index (χ3n) is 5.32. The number of aromatic nitrogens is 6. The number of nitrogens with zero attached hydrogens (tertiary/aromatic N) is 6. The quantitative estimate of drug-likeness (QED) is 0.413. The molecule has 2 aromatic carbocycles. The Morgan fingerprint density at radius 3 is 2.42 bits per heavy atom. The van der Waals surface area contributed by atoms with Gasteiger partial charge in [-0.05, 0) is 36.4 Å². The summed E-state index contributed by atoms with van der Waals surface area (Å²) >= 11 is 0. The van der Waals surface area contributed by atoms with Gasteiger partial charge in [0.1, 0.15) is 29.3 Å². The molecule has 0 bridgehead atoms. The van der Waals surface area contributed by atoms with E-state index >= 15 is 0 Å². The first-order valence-corrected chi connectivity index (χ1v) is 10.3. The minimum absolute atomic E-state index is 0.109. The Morgan fingerprint density at radius 2 is 1.73 bits per heavy atom. The molecule has 0 saturated carbocycles. The van der Waals surface area contributed by atoms with E-state index in [4.69, 9.17) is 15.6 Å². The molecular formula is C23H21N7O3. The van der Waals surface area contributed by atoms with Crippen LogP contribution in [-0.4, -0.2) is 34.0 Å². The van der Waals surface area contributed by atoms with Crippen LogP contribution in [0.1, 0.15) is 0 Å². The molecule has 10 heteroatoms. The minimum atomic E-state index is -0.313. The van der Waals surface area contributed by atoms with E-state index in [2.05, 4.69) is 9.97 Å². The van der Waals surface area contributed by atoms with Crippen molar-refractivity contribution in [1.29, 1.82) is 0 Å². The number of nitrogens with two attached hydrogens (primary N) is 1. The van der Waals surface area contributed by atoms with Crippen molar-refractivity contribution in [2.45, 2.75) is 13.1 Å². The van der Waals surface area contributed by atoms with Crippen LogP contribution in [0, 0.1) is 0 Å². The lowest BCUT2D eigenvalue weighted by Crippen LogP contribution is -2.24. The zero-order valence-corrected chi connectivity index (χ0v) is 17.8. The highest BCUT2D eigenvalue weighted by atomic mass is 16.5. The van der Waals surface area contributed by atoms with Gasteiger partial charge in [-0.1, -0.05) is 18.2 Å². The van der Waals surface area contributed by atoms with E-state index in [9.17, 15) is 9.90 Å². The van der Waals surface area contributed by atoms with Crippen LogP contribution in [0.3, 0.4) is 0 Å². The standard InChI is InChI=1S/C23H21N7O3/c1-28-13-18(31)29(23(28)32)11-12-30-22-19(21(24)25-14-26-22)20(27-30)15-7-9-17(10-8-15)33-16-5-3-2-4-6-16/h2-10,13-14,31H,11-12H2,1H3,(H2,24,25,26). The predicted octanol–water partition coefficient (Wildman–Crippen LogP) is 2.77. The number of hydrogen-bond acceptors (Lipinski definition) is 7. The second-order valence-electron chi connectivity index (χ2n) is 7.50. The zero-order valence-electron chi connectivity index (χ0n) is 17.8. The van der Waals surface area contributed by atoms with Gasteiger partial charge < -0.3 is 15.6 Å². The van der Waals surface area contributed by atoms with Crippen LogP contribution in [0.5, 0.6) is 17.4 Å². The third-order valence-corrected chi connectivity index (χ3v) is 5.32. The van der Waals surface area contributed by atoms with Gasteiger partial charge in [0.2, 0.25) is 5.88 Å². The Hall–Kier alpha value is -4.60. The number of nitrogen functional groups attached to an aromatic ring is 1. The maximum absolute atomic E-state index is 12.2. The Kier molecular flexibility index (Phi) is 5.02. The van der Waals surface area contributed by atoms with Crippen molar-refractivity contribution in [1.82, 2.24) is 28.9 Å². The highest BCUT2D eigenvalue weighted by Crippen LogP contribution is 2.32. The molecule has 5 aromatic rings. The van der Waals surface area contributed by atoms with Crippen LogP contribution >= 0.6 is 0 Å². The molecule has 10 nitrogen and oxygen atoms in total. The van der Waals surface area contributed by atoms with Crippen LogP contribution in [0.25, 0.3) is 22.3 Å². The average Bonchev–Trinajstić information content (AvgIpc) is 3.31. The van der Waals surface area contributed by atoms with Gasteiger partial charge in [0.25, 0.3) is 0 Å². The van der Waals surface area contributed by atoms with Crippen molar-refractivity contribution in [2.24, 2.45) is 7.05 Å². The first-order chi connectivity index (χ1) is 16.0. The van der Waals surface area contributed by atoms with Gasteiger partial charge in [-0.3, -0.25) is 9.13 Å². The Bertz CT molecular complexity index is 1480. The van der Waals surface area contributed by atoms with Gasteiger partial charge in [-0.15, -0.1) is 0 Å². The molecule has 33 heavy (non-hydrogen) atoms. The van der Waals surface area contributed by atoms with E-state index in [0.717, 1.165) is 11.3 Å².